The van der Waals surface area contributed by atoms with E-state index in [0.29, 0.717) is 6.04 Å². The summed E-state index contributed by atoms with van der Waals surface area (Å²) in [5.74, 6) is 0.894. The maximum Gasteiger partial charge on any atom is 0.191 e. The highest BCUT2D eigenvalue weighted by atomic mass is 16.3. The van der Waals surface area contributed by atoms with E-state index in [1.807, 2.05) is 0 Å². The van der Waals surface area contributed by atoms with Gasteiger partial charge in [-0.15, -0.1) is 0 Å². The molecule has 1 atom stereocenters. The highest BCUT2D eigenvalue weighted by Crippen LogP contribution is 2.39. The number of likely N-dealkylation sites (N-methyl/N-ethyl adjacent to an activating group) is 1. The van der Waals surface area contributed by atoms with Crippen LogP contribution in [-0.2, 0) is 6.42 Å². The molecule has 0 aromatic heterocycles. The van der Waals surface area contributed by atoms with Crippen molar-refractivity contribution in [1.82, 2.24) is 15.5 Å². The van der Waals surface area contributed by atoms with Gasteiger partial charge in [0.05, 0.1) is 0 Å². The van der Waals surface area contributed by atoms with Gasteiger partial charge < -0.3 is 20.6 Å². The average molecular weight is 389 g/mol. The minimum atomic E-state index is 0.181. The van der Waals surface area contributed by atoms with Crippen molar-refractivity contribution in [2.24, 2.45) is 10.4 Å². The van der Waals surface area contributed by atoms with Crippen molar-refractivity contribution >= 4 is 5.96 Å². The van der Waals surface area contributed by atoms with Gasteiger partial charge in [-0.3, -0.25) is 4.99 Å². The molecule has 0 spiro atoms. The van der Waals surface area contributed by atoms with Crippen LogP contribution < -0.4 is 10.6 Å². The van der Waals surface area contributed by atoms with Gasteiger partial charge in [-0.05, 0) is 57.7 Å². The number of rotatable bonds is 10. The Morgan fingerprint density at radius 2 is 1.86 bits per heavy atom. The summed E-state index contributed by atoms with van der Waals surface area (Å²) < 4.78 is 0. The van der Waals surface area contributed by atoms with Crippen molar-refractivity contribution in [2.75, 3.05) is 40.3 Å². The summed E-state index contributed by atoms with van der Waals surface area (Å²) in [5, 5.41) is 16.5. The van der Waals surface area contributed by atoms with Crippen molar-refractivity contribution < 1.29 is 5.11 Å². The third-order valence-corrected chi connectivity index (χ3v) is 6.02. The van der Waals surface area contributed by atoms with E-state index in [9.17, 15) is 5.11 Å². The Bertz CT molecular complexity index is 562. The summed E-state index contributed by atoms with van der Waals surface area (Å²) in [4.78, 5) is 7.21. The molecular formula is C23H40N4O. The second-order valence-corrected chi connectivity index (χ2v) is 8.42. The zero-order valence-electron chi connectivity index (χ0n) is 18.1. The van der Waals surface area contributed by atoms with Gasteiger partial charge in [-0.25, -0.2) is 0 Å². The Labute approximate surface area is 171 Å². The molecule has 0 aliphatic heterocycles. The van der Waals surface area contributed by atoms with Crippen LogP contribution in [0.25, 0.3) is 0 Å². The van der Waals surface area contributed by atoms with Crippen LogP contribution in [0.15, 0.2) is 35.3 Å². The summed E-state index contributed by atoms with van der Waals surface area (Å²) in [6, 6.07) is 11.1. The van der Waals surface area contributed by atoms with Gasteiger partial charge in [0.25, 0.3) is 0 Å². The number of aliphatic imine (C=N–C) groups is 1. The lowest BCUT2D eigenvalue weighted by atomic mass is 9.72. The van der Waals surface area contributed by atoms with E-state index in [0.717, 1.165) is 38.4 Å². The van der Waals surface area contributed by atoms with Crippen LogP contribution in [0.4, 0.5) is 0 Å². The van der Waals surface area contributed by atoms with Gasteiger partial charge in [0.15, 0.2) is 5.96 Å². The van der Waals surface area contributed by atoms with Crippen LogP contribution in [0, 0.1) is 5.41 Å². The average Bonchev–Trinajstić information content (AvgIpc) is 2.70. The lowest BCUT2D eigenvalue weighted by Crippen LogP contribution is -2.46. The number of aliphatic hydroxyl groups excluding tert-OH is 1. The predicted octanol–water partition coefficient (Wildman–Crippen LogP) is 3.05. The molecule has 0 saturated heterocycles. The topological polar surface area (TPSA) is 59.9 Å². The van der Waals surface area contributed by atoms with Gasteiger partial charge in [0.1, 0.15) is 0 Å². The smallest absolute Gasteiger partial charge is 0.191 e. The normalized spacial score (nSPS) is 18.1. The van der Waals surface area contributed by atoms with Crippen LogP contribution in [0.1, 0.15) is 51.0 Å². The molecule has 28 heavy (non-hydrogen) atoms. The van der Waals surface area contributed by atoms with Gasteiger partial charge in [-0.2, -0.15) is 0 Å². The Morgan fingerprint density at radius 3 is 2.46 bits per heavy atom. The molecule has 1 aliphatic rings. The van der Waals surface area contributed by atoms with E-state index >= 15 is 0 Å². The second-order valence-electron chi connectivity index (χ2n) is 8.42. The molecule has 1 aromatic rings. The van der Waals surface area contributed by atoms with E-state index in [4.69, 9.17) is 4.99 Å². The number of hydrogen-bond acceptors (Lipinski definition) is 3. The molecule has 5 heteroatoms. The van der Waals surface area contributed by atoms with Gasteiger partial charge in [-0.1, -0.05) is 49.6 Å². The monoisotopic (exact) mass is 388 g/mol. The van der Waals surface area contributed by atoms with E-state index in [-0.39, 0.29) is 12.0 Å². The number of guanidine groups is 1. The Morgan fingerprint density at radius 1 is 1.14 bits per heavy atom. The summed E-state index contributed by atoms with van der Waals surface area (Å²) >= 11 is 0. The Balaban J connectivity index is 1.98. The number of aliphatic hydroxyl groups is 1. The fourth-order valence-electron chi connectivity index (χ4n) is 4.15. The number of benzene rings is 1. The van der Waals surface area contributed by atoms with Crippen molar-refractivity contribution in [1.29, 1.82) is 0 Å². The zero-order chi connectivity index (χ0) is 20.2. The van der Waals surface area contributed by atoms with Crippen LogP contribution in [0.5, 0.6) is 0 Å². The van der Waals surface area contributed by atoms with E-state index in [1.54, 1.807) is 0 Å². The molecule has 1 aromatic carbocycles. The molecule has 1 aliphatic carbocycles. The van der Waals surface area contributed by atoms with Crippen LogP contribution in [0.3, 0.4) is 0 Å². The highest BCUT2D eigenvalue weighted by molar-refractivity contribution is 5.79. The first kappa shape index (κ1) is 22.7. The molecule has 1 fully saturated rings. The molecule has 3 N–H and O–H groups in total. The Hall–Kier alpha value is -1.59. The molecule has 1 unspecified atom stereocenters. The number of hydrogen-bond donors (Lipinski definition) is 3. The van der Waals surface area contributed by atoms with Crippen molar-refractivity contribution in [3.8, 4) is 0 Å². The molecule has 0 bridgehead atoms. The van der Waals surface area contributed by atoms with Crippen LogP contribution in [-0.4, -0.2) is 62.3 Å². The van der Waals surface area contributed by atoms with Crippen LogP contribution in [0.2, 0.25) is 0 Å². The lowest BCUT2D eigenvalue weighted by Gasteiger charge is -2.36. The fraction of sp³-hybridized carbons (Fsp3) is 0.696. The summed E-state index contributed by atoms with van der Waals surface area (Å²) in [7, 11) is 4.27. The molecular weight excluding hydrogens is 348 g/mol. The van der Waals surface area contributed by atoms with E-state index in [2.05, 4.69) is 66.9 Å². The molecule has 0 heterocycles. The third-order valence-electron chi connectivity index (χ3n) is 6.02. The maximum absolute atomic E-state index is 9.54. The van der Waals surface area contributed by atoms with Gasteiger partial charge in [0.2, 0.25) is 0 Å². The van der Waals surface area contributed by atoms with E-state index < -0.39 is 0 Å². The predicted molar refractivity (Wildman–Crippen MR) is 119 cm³/mol. The lowest BCUT2D eigenvalue weighted by molar-refractivity contribution is 0.137. The van der Waals surface area contributed by atoms with Crippen LogP contribution >= 0.6 is 0 Å². The Kier molecular flexibility index (Phi) is 9.79. The first-order chi connectivity index (χ1) is 13.6. The molecule has 158 valence electrons. The quantitative estimate of drug-likeness (QED) is 0.426. The zero-order valence-corrected chi connectivity index (χ0v) is 18.1. The molecule has 2 rings (SSSR count). The van der Waals surface area contributed by atoms with Crippen molar-refractivity contribution in [3.63, 3.8) is 0 Å². The standard InChI is InChI=1S/C23H40N4O/c1-4-24-22(26-19-23(15-16-28)13-9-6-10-14-23)25-18-21(27(2)3)17-20-11-7-5-8-12-20/h5,7-8,11-12,21,28H,4,6,9-10,13-19H2,1-3H3,(H2,24,25,26). The largest absolute Gasteiger partial charge is 0.396 e. The van der Waals surface area contributed by atoms with Crippen molar-refractivity contribution in [2.45, 2.75) is 57.9 Å². The molecule has 0 amide bonds. The second kappa shape index (κ2) is 12.1. The van der Waals surface area contributed by atoms with E-state index in [1.165, 1.54) is 37.7 Å². The first-order valence-electron chi connectivity index (χ1n) is 10.9. The first-order valence-corrected chi connectivity index (χ1v) is 10.9. The highest BCUT2D eigenvalue weighted by Gasteiger charge is 2.31. The SMILES string of the molecule is CCNC(=NCC1(CCO)CCCCC1)NCC(Cc1ccccc1)N(C)C. The van der Waals surface area contributed by atoms with Gasteiger partial charge >= 0.3 is 0 Å². The minimum absolute atomic E-state index is 0.181. The molecule has 1 saturated carbocycles. The summed E-state index contributed by atoms with van der Waals surface area (Å²) in [6.45, 7) is 4.87. The number of nitrogens with zero attached hydrogens (tertiary/aromatic N) is 2. The fourth-order valence-corrected chi connectivity index (χ4v) is 4.15. The number of nitrogens with one attached hydrogen (secondary N) is 2. The van der Waals surface area contributed by atoms with Crippen molar-refractivity contribution in [3.05, 3.63) is 35.9 Å². The minimum Gasteiger partial charge on any atom is -0.396 e. The van der Waals surface area contributed by atoms with Gasteiger partial charge in [0, 0.05) is 32.3 Å². The molecule has 0 radical (unpaired) electrons. The summed E-state index contributed by atoms with van der Waals surface area (Å²) in [6.07, 6.45) is 8.09. The maximum atomic E-state index is 9.54. The molecule has 5 nitrogen and oxygen atoms in total. The summed E-state index contributed by atoms with van der Waals surface area (Å²) in [5.41, 5.74) is 1.54. The third kappa shape index (κ3) is 7.44.